The third-order valence-electron chi connectivity index (χ3n) is 11.6. The van der Waals surface area contributed by atoms with E-state index >= 15 is 0 Å². The standard InChI is InChI=1S/C50H47F3N8O6S2/c1-30(2)43(47(64)58-27-37(62)23-41(58)46(63)55-25-32-10-12-33(13-11-32)44-31(3)56-29-69-44)59-28-39(26-57-59)67-21-9-7-6-8-20-66-38-18-16-35(17-19-38)61-49(68)60(48(65)50(61,4)5)36-15-14-34(24-54)40(22-36)42(51)45(52)53/h10-19,22,26,28-30,37,41-43,45,62H,20-21,23,25,27H2,1-5H3,(H,55,63). The zero-order valence-corrected chi connectivity index (χ0v) is 39.8. The molecule has 0 aliphatic carbocycles. The maximum absolute atomic E-state index is 14.4. The lowest BCUT2D eigenvalue weighted by Gasteiger charge is -2.30. The predicted octanol–water partition coefficient (Wildman–Crippen LogP) is 7.32. The number of aliphatic hydroxyl groups is 1. The van der Waals surface area contributed by atoms with Crippen molar-refractivity contribution in [3.8, 4) is 51.7 Å². The summed E-state index contributed by atoms with van der Waals surface area (Å²) >= 11 is 7.24. The van der Waals surface area contributed by atoms with Gasteiger partial charge >= 0.3 is 0 Å². The van der Waals surface area contributed by atoms with Crippen molar-refractivity contribution in [3.05, 3.63) is 107 Å². The maximum atomic E-state index is 14.4. The number of benzene rings is 3. The normalized spacial score (nSPS) is 17.2. The molecule has 4 unspecified atom stereocenters. The van der Waals surface area contributed by atoms with Crippen molar-refractivity contribution < 1.29 is 42.1 Å². The van der Waals surface area contributed by atoms with Crippen LogP contribution in [0, 0.1) is 47.9 Å². The minimum atomic E-state index is -3.37. The van der Waals surface area contributed by atoms with Crippen molar-refractivity contribution in [1.29, 1.82) is 5.26 Å². The number of β-amino-alcohol motifs (C(OH)–C–C–N with tert-alkyl or cyclic N) is 1. The second kappa shape index (κ2) is 21.4. The third-order valence-corrected chi connectivity index (χ3v) is 12.9. The van der Waals surface area contributed by atoms with E-state index in [9.17, 15) is 37.9 Å². The summed E-state index contributed by atoms with van der Waals surface area (Å²) in [6.45, 7) is 9.25. The number of hydrogen-bond donors (Lipinski definition) is 2. The number of hydrogen-bond acceptors (Lipinski definition) is 11. The van der Waals surface area contributed by atoms with Crippen LogP contribution in [-0.2, 0) is 20.9 Å². The Morgan fingerprint density at radius 3 is 2.29 bits per heavy atom. The van der Waals surface area contributed by atoms with E-state index in [1.165, 1.54) is 27.9 Å². The van der Waals surface area contributed by atoms with Crippen LogP contribution >= 0.6 is 23.6 Å². The minimum Gasteiger partial charge on any atom is -0.481 e. The van der Waals surface area contributed by atoms with Gasteiger partial charge < -0.3 is 29.7 Å². The molecule has 3 aromatic carbocycles. The highest BCUT2D eigenvalue weighted by atomic mass is 32.1. The lowest BCUT2D eigenvalue weighted by atomic mass is 10.0. The van der Waals surface area contributed by atoms with Gasteiger partial charge in [0.15, 0.2) is 17.0 Å². The molecule has 0 saturated carbocycles. The number of anilines is 2. The zero-order chi connectivity index (χ0) is 49.6. The van der Waals surface area contributed by atoms with Gasteiger partial charge in [0.05, 0.1) is 51.9 Å². The van der Waals surface area contributed by atoms with Crippen LogP contribution in [0.4, 0.5) is 24.5 Å². The number of thiazole rings is 1. The molecule has 4 atom stereocenters. The third kappa shape index (κ3) is 10.9. The molecule has 5 aromatic rings. The second-order valence-corrected chi connectivity index (χ2v) is 18.3. The first kappa shape index (κ1) is 49.7. The monoisotopic (exact) mass is 976 g/mol. The smallest absolute Gasteiger partial charge is 0.273 e. The molecule has 7 rings (SSSR count). The molecule has 4 heterocycles. The molecule has 356 valence electrons. The molecule has 0 spiro atoms. The molecule has 19 heteroatoms. The van der Waals surface area contributed by atoms with Gasteiger partial charge in [-0.25, -0.2) is 18.2 Å². The van der Waals surface area contributed by atoms with Crippen LogP contribution in [-0.4, -0.2) is 91.5 Å². The number of amides is 3. The van der Waals surface area contributed by atoms with Gasteiger partial charge in [0.1, 0.15) is 36.6 Å². The topological polar surface area (TPSA) is 166 Å². The largest absolute Gasteiger partial charge is 0.481 e. The van der Waals surface area contributed by atoms with Crippen molar-refractivity contribution in [3.63, 3.8) is 0 Å². The number of thiocarbonyl (C=S) groups is 1. The van der Waals surface area contributed by atoms with Crippen LogP contribution in [0.2, 0.25) is 0 Å². The second-order valence-electron chi connectivity index (χ2n) is 17.0. The van der Waals surface area contributed by atoms with Gasteiger partial charge in [-0.2, -0.15) is 10.4 Å². The van der Waals surface area contributed by atoms with Gasteiger partial charge in [0, 0.05) is 30.8 Å². The van der Waals surface area contributed by atoms with Crippen molar-refractivity contribution >= 4 is 57.8 Å². The predicted molar refractivity (Wildman–Crippen MR) is 257 cm³/mol. The molecule has 2 aromatic heterocycles. The van der Waals surface area contributed by atoms with Gasteiger partial charge in [-0.05, 0) is 116 Å². The molecule has 0 bridgehead atoms. The summed E-state index contributed by atoms with van der Waals surface area (Å²) in [5, 5.41) is 27.3. The summed E-state index contributed by atoms with van der Waals surface area (Å²) < 4.78 is 54.0. The Morgan fingerprint density at radius 1 is 1.00 bits per heavy atom. The summed E-state index contributed by atoms with van der Waals surface area (Å²) in [5.74, 6) is 10.4. The molecule has 14 nitrogen and oxygen atoms in total. The minimum absolute atomic E-state index is 0.0000406. The fourth-order valence-electron chi connectivity index (χ4n) is 8.09. The number of aromatic nitrogens is 3. The number of alkyl halides is 3. The van der Waals surface area contributed by atoms with E-state index in [4.69, 9.17) is 21.7 Å². The molecule has 69 heavy (non-hydrogen) atoms. The Kier molecular flexibility index (Phi) is 15.4. The number of carbonyl (C=O) groups is 3. The Balaban J connectivity index is 0.890. The van der Waals surface area contributed by atoms with Crippen LogP contribution in [0.3, 0.4) is 0 Å². The van der Waals surface area contributed by atoms with E-state index in [1.807, 2.05) is 45.0 Å². The summed E-state index contributed by atoms with van der Waals surface area (Å²) in [6, 6.07) is 18.2. The van der Waals surface area contributed by atoms with Crippen molar-refractivity contribution in [2.24, 2.45) is 5.92 Å². The fourth-order valence-corrected chi connectivity index (χ4v) is 9.42. The zero-order valence-electron chi connectivity index (χ0n) is 38.2. The number of nitrogens with zero attached hydrogens (tertiary/aromatic N) is 7. The van der Waals surface area contributed by atoms with Crippen molar-refractivity contribution in [2.45, 2.75) is 83.9 Å². The van der Waals surface area contributed by atoms with Gasteiger partial charge in [-0.1, -0.05) is 38.1 Å². The summed E-state index contributed by atoms with van der Waals surface area (Å²) in [5.41, 5.74) is 3.27. The number of carbonyl (C=O) groups excluding carboxylic acids is 3. The number of aliphatic hydroxyl groups excluding tert-OH is 1. The quantitative estimate of drug-likeness (QED) is 0.0798. The van der Waals surface area contributed by atoms with Gasteiger partial charge in [0.25, 0.3) is 12.3 Å². The average molecular weight is 977 g/mol. The van der Waals surface area contributed by atoms with Crippen LogP contribution in [0.1, 0.15) is 68.7 Å². The number of likely N-dealkylation sites (tertiary alicyclic amines) is 1. The van der Waals surface area contributed by atoms with Crippen LogP contribution < -0.4 is 24.6 Å². The SMILES string of the molecule is Cc1ncsc1-c1ccc(CNC(=O)C2CC(O)CN2C(=O)C(C(C)C)n2cc(OCC#CC#CCOc3ccc(N4C(=S)N(c5ccc(C#N)c(C(F)C(F)F)c5)C(=O)C4(C)C)cc3)cn2)cc1. The van der Waals surface area contributed by atoms with E-state index in [-0.39, 0.29) is 66.8 Å². The van der Waals surface area contributed by atoms with Gasteiger partial charge in [-0.3, -0.25) is 24.0 Å². The highest BCUT2D eigenvalue weighted by Gasteiger charge is 2.50. The van der Waals surface area contributed by atoms with Crippen LogP contribution in [0.15, 0.2) is 84.6 Å². The maximum Gasteiger partial charge on any atom is 0.273 e. The molecule has 2 aliphatic heterocycles. The number of nitrogens with one attached hydrogen (secondary N) is 1. The molecular weight excluding hydrogens is 930 g/mol. The van der Waals surface area contributed by atoms with Gasteiger partial charge in [-0.15, -0.1) is 11.3 Å². The summed E-state index contributed by atoms with van der Waals surface area (Å²) in [7, 11) is 0. The van der Waals surface area contributed by atoms with E-state index in [1.54, 1.807) is 72.1 Å². The number of halogens is 3. The average Bonchev–Trinajstić information content (AvgIpc) is 4.11. The number of aryl methyl sites for hydroxylation is 1. The summed E-state index contributed by atoms with van der Waals surface area (Å²) in [6.07, 6.45) is -3.77. The Hall–Kier alpha value is -7.24. The Labute approximate surface area is 406 Å². The van der Waals surface area contributed by atoms with Crippen LogP contribution in [0.5, 0.6) is 11.5 Å². The van der Waals surface area contributed by atoms with Crippen LogP contribution in [0.25, 0.3) is 10.4 Å². The fraction of sp³-hybridized carbons (Fsp3) is 0.340. The van der Waals surface area contributed by atoms with E-state index in [2.05, 4.69) is 39.1 Å². The Morgan fingerprint density at radius 2 is 1.67 bits per heavy atom. The highest BCUT2D eigenvalue weighted by Crippen LogP contribution is 2.39. The molecule has 2 saturated heterocycles. The molecule has 0 radical (unpaired) electrons. The highest BCUT2D eigenvalue weighted by molar-refractivity contribution is 7.81. The molecular formula is C50H47F3N8O6S2. The van der Waals surface area contributed by atoms with E-state index < -0.39 is 47.8 Å². The first-order valence-electron chi connectivity index (χ1n) is 21.8. The first-order chi connectivity index (χ1) is 33.0. The van der Waals surface area contributed by atoms with E-state index in [0.717, 1.165) is 32.7 Å². The lowest BCUT2D eigenvalue weighted by Crippen LogP contribution is -2.49. The first-order valence-corrected chi connectivity index (χ1v) is 23.0. The molecule has 2 N–H and O–H groups in total. The lowest BCUT2D eigenvalue weighted by molar-refractivity contribution is -0.142. The molecule has 2 fully saturated rings. The molecule has 2 aliphatic rings. The number of nitriles is 1. The molecule has 3 amide bonds. The number of ether oxygens (including phenoxy) is 2. The Bertz CT molecular complexity index is 2890. The number of rotatable bonds is 15. The van der Waals surface area contributed by atoms with Crippen molar-refractivity contribution in [2.75, 3.05) is 29.6 Å². The van der Waals surface area contributed by atoms with Crippen molar-refractivity contribution in [1.82, 2.24) is 25.0 Å². The van der Waals surface area contributed by atoms with E-state index in [0.29, 0.717) is 17.2 Å². The summed E-state index contributed by atoms with van der Waals surface area (Å²) in [4.78, 5) is 50.7. The van der Waals surface area contributed by atoms with Gasteiger partial charge in [0.2, 0.25) is 11.8 Å².